The van der Waals surface area contributed by atoms with Gasteiger partial charge in [0, 0.05) is 12.0 Å². The van der Waals surface area contributed by atoms with Crippen LogP contribution in [0.25, 0.3) is 11.5 Å². The van der Waals surface area contributed by atoms with Crippen LogP contribution in [0.1, 0.15) is 17.0 Å². The van der Waals surface area contributed by atoms with Gasteiger partial charge in [0.05, 0.1) is 18.5 Å². The molecule has 0 aliphatic carbocycles. The van der Waals surface area contributed by atoms with E-state index in [1.165, 1.54) is 6.21 Å². The Labute approximate surface area is 140 Å². The summed E-state index contributed by atoms with van der Waals surface area (Å²) < 4.78 is 11.5. The predicted molar refractivity (Wildman–Crippen MR) is 91.7 cm³/mol. The Bertz CT molecular complexity index is 808. The second-order valence-corrected chi connectivity index (χ2v) is 5.30. The van der Waals surface area contributed by atoms with E-state index in [0.717, 1.165) is 28.3 Å². The second-order valence-electron chi connectivity index (χ2n) is 5.30. The Hall–Kier alpha value is -3.08. The van der Waals surface area contributed by atoms with E-state index >= 15 is 0 Å². The largest absolute Gasteiger partial charge is 0.493 e. The first-order valence-electron chi connectivity index (χ1n) is 7.68. The van der Waals surface area contributed by atoms with Crippen molar-refractivity contribution in [2.45, 2.75) is 13.3 Å². The van der Waals surface area contributed by atoms with Crippen LogP contribution in [0.15, 0.2) is 64.2 Å². The molecule has 2 aromatic carbocycles. The van der Waals surface area contributed by atoms with E-state index in [1.807, 2.05) is 61.5 Å². The van der Waals surface area contributed by atoms with Crippen molar-refractivity contribution in [3.63, 3.8) is 0 Å². The smallest absolute Gasteiger partial charge is 0.226 e. The number of rotatable bonds is 6. The predicted octanol–water partition coefficient (Wildman–Crippen LogP) is 4.08. The molecule has 0 radical (unpaired) electrons. The summed E-state index contributed by atoms with van der Waals surface area (Å²) in [6.45, 7) is 2.42. The van der Waals surface area contributed by atoms with Crippen molar-refractivity contribution < 1.29 is 14.4 Å². The molecule has 122 valence electrons. The van der Waals surface area contributed by atoms with Gasteiger partial charge in [-0.25, -0.2) is 4.98 Å². The molecule has 1 N–H and O–H groups in total. The summed E-state index contributed by atoms with van der Waals surface area (Å²) in [6, 6.07) is 17.2. The molecular formula is C19H18N2O3. The minimum Gasteiger partial charge on any atom is -0.493 e. The normalized spacial score (nSPS) is 11.0. The Kier molecular flexibility index (Phi) is 4.91. The zero-order chi connectivity index (χ0) is 16.8. The fourth-order valence-electron chi connectivity index (χ4n) is 2.35. The highest BCUT2D eigenvalue weighted by molar-refractivity contribution is 5.79. The molecule has 0 unspecified atom stereocenters. The maximum atomic E-state index is 8.49. The topological polar surface area (TPSA) is 67.9 Å². The molecule has 0 saturated heterocycles. The van der Waals surface area contributed by atoms with Gasteiger partial charge in [0.1, 0.15) is 11.5 Å². The Morgan fingerprint density at radius 1 is 1.12 bits per heavy atom. The molecule has 0 saturated carbocycles. The van der Waals surface area contributed by atoms with Crippen LogP contribution < -0.4 is 4.74 Å². The monoisotopic (exact) mass is 322 g/mol. The van der Waals surface area contributed by atoms with Gasteiger partial charge in [-0.2, -0.15) is 0 Å². The summed E-state index contributed by atoms with van der Waals surface area (Å²) in [5.41, 5.74) is 2.68. The molecule has 0 bridgehead atoms. The van der Waals surface area contributed by atoms with Crippen LogP contribution in [0.4, 0.5) is 0 Å². The van der Waals surface area contributed by atoms with Crippen molar-refractivity contribution in [2.24, 2.45) is 5.16 Å². The molecule has 24 heavy (non-hydrogen) atoms. The Balaban J connectivity index is 1.60. The number of ether oxygens (including phenoxy) is 1. The van der Waals surface area contributed by atoms with Gasteiger partial charge in [-0.15, -0.1) is 0 Å². The van der Waals surface area contributed by atoms with Gasteiger partial charge in [-0.05, 0) is 48.9 Å². The highest BCUT2D eigenvalue weighted by atomic mass is 16.5. The summed E-state index contributed by atoms with van der Waals surface area (Å²) >= 11 is 0. The Morgan fingerprint density at radius 2 is 1.88 bits per heavy atom. The molecule has 0 aliphatic heterocycles. The van der Waals surface area contributed by atoms with Crippen LogP contribution in [0.3, 0.4) is 0 Å². The fraction of sp³-hybridized carbons (Fsp3) is 0.158. The van der Waals surface area contributed by atoms with Crippen LogP contribution in [0.2, 0.25) is 0 Å². The highest BCUT2D eigenvalue weighted by Crippen LogP contribution is 2.22. The van der Waals surface area contributed by atoms with Gasteiger partial charge in [-0.1, -0.05) is 23.4 Å². The lowest BCUT2D eigenvalue weighted by Crippen LogP contribution is -2.02. The van der Waals surface area contributed by atoms with Gasteiger partial charge in [0.25, 0.3) is 0 Å². The number of oxazole rings is 1. The summed E-state index contributed by atoms with van der Waals surface area (Å²) in [4.78, 5) is 4.56. The first-order chi connectivity index (χ1) is 11.8. The minimum atomic E-state index is 0.509. The average Bonchev–Trinajstić information content (AvgIpc) is 2.99. The van der Waals surface area contributed by atoms with Crippen molar-refractivity contribution in [2.75, 3.05) is 6.61 Å². The summed E-state index contributed by atoms with van der Waals surface area (Å²) in [5, 5.41) is 11.5. The van der Waals surface area contributed by atoms with Crippen LogP contribution in [0, 0.1) is 6.92 Å². The average molecular weight is 322 g/mol. The maximum Gasteiger partial charge on any atom is 0.226 e. The van der Waals surface area contributed by atoms with Crippen LogP contribution in [-0.2, 0) is 6.42 Å². The molecule has 0 atom stereocenters. The number of aromatic nitrogens is 1. The number of oxime groups is 1. The molecule has 5 heteroatoms. The van der Waals surface area contributed by atoms with E-state index in [0.29, 0.717) is 18.9 Å². The molecule has 3 aromatic rings. The highest BCUT2D eigenvalue weighted by Gasteiger charge is 2.11. The number of hydrogen-bond donors (Lipinski definition) is 1. The second kappa shape index (κ2) is 7.46. The first-order valence-corrected chi connectivity index (χ1v) is 7.68. The molecule has 1 heterocycles. The summed E-state index contributed by atoms with van der Waals surface area (Å²) in [6.07, 6.45) is 2.04. The number of nitrogens with zero attached hydrogens (tertiary/aromatic N) is 2. The van der Waals surface area contributed by atoms with Crippen LogP contribution in [-0.4, -0.2) is 23.0 Å². The third-order valence-corrected chi connectivity index (χ3v) is 3.61. The number of benzene rings is 2. The molecule has 5 nitrogen and oxygen atoms in total. The Morgan fingerprint density at radius 3 is 2.58 bits per heavy atom. The molecule has 0 aliphatic rings. The molecule has 0 fully saturated rings. The maximum absolute atomic E-state index is 8.49. The molecule has 0 spiro atoms. The lowest BCUT2D eigenvalue weighted by atomic mass is 10.2. The lowest BCUT2D eigenvalue weighted by Gasteiger charge is -2.05. The zero-order valence-corrected chi connectivity index (χ0v) is 13.3. The van der Waals surface area contributed by atoms with E-state index in [2.05, 4.69) is 10.1 Å². The standard InChI is InChI=1S/C19H18N2O3/c1-14-18(21-19(24-14)16-5-3-2-4-6-16)11-12-23-17-9-7-15(8-10-17)13-20-22/h2-10,13,22H,11-12H2,1H3/b20-13-. The van der Waals surface area contributed by atoms with Crippen molar-refractivity contribution in [1.82, 2.24) is 4.98 Å². The quantitative estimate of drug-likeness (QED) is 0.422. The number of hydrogen-bond acceptors (Lipinski definition) is 5. The van der Waals surface area contributed by atoms with Crippen molar-refractivity contribution in [3.8, 4) is 17.2 Å². The molecule has 1 aromatic heterocycles. The lowest BCUT2D eigenvalue weighted by molar-refractivity contribution is 0.319. The van der Waals surface area contributed by atoms with E-state index < -0.39 is 0 Å². The summed E-state index contributed by atoms with van der Waals surface area (Å²) in [7, 11) is 0. The van der Waals surface area contributed by atoms with Gasteiger partial charge < -0.3 is 14.4 Å². The van der Waals surface area contributed by atoms with E-state index in [-0.39, 0.29) is 0 Å². The van der Waals surface area contributed by atoms with E-state index in [1.54, 1.807) is 0 Å². The molecular weight excluding hydrogens is 304 g/mol. The van der Waals surface area contributed by atoms with Gasteiger partial charge >= 0.3 is 0 Å². The van der Waals surface area contributed by atoms with Crippen molar-refractivity contribution >= 4 is 6.21 Å². The fourth-order valence-corrected chi connectivity index (χ4v) is 2.35. The SMILES string of the molecule is Cc1oc(-c2ccccc2)nc1CCOc1ccc(/C=N\O)cc1. The molecule has 3 rings (SSSR count). The zero-order valence-electron chi connectivity index (χ0n) is 13.3. The van der Waals surface area contributed by atoms with Crippen molar-refractivity contribution in [1.29, 1.82) is 0 Å². The minimum absolute atomic E-state index is 0.509. The van der Waals surface area contributed by atoms with Gasteiger partial charge in [-0.3, -0.25) is 0 Å². The van der Waals surface area contributed by atoms with Crippen LogP contribution >= 0.6 is 0 Å². The van der Waals surface area contributed by atoms with Crippen molar-refractivity contribution in [3.05, 3.63) is 71.6 Å². The number of aryl methyl sites for hydroxylation is 1. The van der Waals surface area contributed by atoms with E-state index in [4.69, 9.17) is 14.4 Å². The van der Waals surface area contributed by atoms with E-state index in [9.17, 15) is 0 Å². The molecule has 0 amide bonds. The van der Waals surface area contributed by atoms with Gasteiger partial charge in [0.15, 0.2) is 0 Å². The third-order valence-electron chi connectivity index (χ3n) is 3.61. The van der Waals surface area contributed by atoms with Gasteiger partial charge in [0.2, 0.25) is 5.89 Å². The first kappa shape index (κ1) is 15.8. The third kappa shape index (κ3) is 3.81. The summed E-state index contributed by atoms with van der Waals surface area (Å²) in [5.74, 6) is 2.21. The van der Waals surface area contributed by atoms with Crippen LogP contribution in [0.5, 0.6) is 5.75 Å².